The number of benzene rings is 1. The first-order chi connectivity index (χ1) is 13.3. The summed E-state index contributed by atoms with van der Waals surface area (Å²) >= 11 is 0. The first-order valence-corrected chi connectivity index (χ1v) is 7.59. The Balaban J connectivity index is 1.72. The van der Waals surface area contributed by atoms with Crippen molar-refractivity contribution in [1.82, 2.24) is 9.78 Å². The van der Waals surface area contributed by atoms with Crippen molar-refractivity contribution < 1.29 is 31.5 Å². The van der Waals surface area contributed by atoms with Crippen LogP contribution < -0.4 is 10.1 Å². The molecule has 0 unspecified atom stereocenters. The van der Waals surface area contributed by atoms with Gasteiger partial charge in [-0.05, 0) is 12.1 Å². The number of nitrogens with one attached hydrogen (secondary N) is 1. The Morgan fingerprint density at radius 1 is 1.29 bits per heavy atom. The topological polar surface area (TPSA) is 93.1 Å². The highest BCUT2D eigenvalue weighted by molar-refractivity contribution is 6.02. The first-order valence-electron chi connectivity index (χ1n) is 7.59. The predicted molar refractivity (Wildman–Crippen MR) is 85.2 cm³/mol. The number of rotatable bonds is 5. The Kier molecular flexibility index (Phi) is 5.04. The van der Waals surface area contributed by atoms with Crippen molar-refractivity contribution >= 4 is 11.7 Å². The van der Waals surface area contributed by atoms with Crippen LogP contribution in [-0.4, -0.2) is 15.7 Å². The first kappa shape index (κ1) is 19.0. The number of nitriles is 1. The van der Waals surface area contributed by atoms with E-state index in [1.807, 2.05) is 6.07 Å². The van der Waals surface area contributed by atoms with Gasteiger partial charge in [0.15, 0.2) is 23.1 Å². The van der Waals surface area contributed by atoms with Crippen LogP contribution in [0.3, 0.4) is 0 Å². The molecule has 0 bridgehead atoms. The van der Waals surface area contributed by atoms with Crippen LogP contribution in [0.5, 0.6) is 5.75 Å². The molecule has 2 aromatic heterocycles. The van der Waals surface area contributed by atoms with Crippen LogP contribution in [0.1, 0.15) is 21.9 Å². The highest BCUT2D eigenvalue weighted by atomic mass is 19.2. The summed E-state index contributed by atoms with van der Waals surface area (Å²) in [6.45, 7) is -0.598. The fraction of sp³-hybridized carbons (Fsp3) is 0.118. The number of carbonyl (C=O) groups is 1. The molecule has 0 aliphatic rings. The van der Waals surface area contributed by atoms with Crippen molar-refractivity contribution in [2.75, 3.05) is 5.32 Å². The summed E-state index contributed by atoms with van der Waals surface area (Å²) in [5.74, 6) is -8.67. The molecule has 0 saturated heterocycles. The Morgan fingerprint density at radius 2 is 1.96 bits per heavy atom. The van der Waals surface area contributed by atoms with Crippen molar-refractivity contribution in [2.24, 2.45) is 7.05 Å². The molecule has 28 heavy (non-hydrogen) atoms. The Hall–Kier alpha value is -3.81. The number of aromatic nitrogens is 2. The van der Waals surface area contributed by atoms with Gasteiger partial charge in [0.2, 0.25) is 11.6 Å². The molecule has 0 atom stereocenters. The summed E-state index contributed by atoms with van der Waals surface area (Å²) in [7, 11) is 1.51. The molecule has 7 nitrogen and oxygen atoms in total. The van der Waals surface area contributed by atoms with Crippen LogP contribution in [0.2, 0.25) is 0 Å². The van der Waals surface area contributed by atoms with E-state index in [1.54, 1.807) is 0 Å². The molecule has 0 aliphatic heterocycles. The van der Waals surface area contributed by atoms with E-state index in [0.29, 0.717) is 0 Å². The van der Waals surface area contributed by atoms with E-state index in [9.17, 15) is 22.4 Å². The summed E-state index contributed by atoms with van der Waals surface area (Å²) in [4.78, 5) is 12.2. The Morgan fingerprint density at radius 3 is 2.61 bits per heavy atom. The molecule has 3 aromatic rings. The van der Waals surface area contributed by atoms with E-state index >= 15 is 0 Å². The highest BCUT2D eigenvalue weighted by Gasteiger charge is 2.22. The minimum absolute atomic E-state index is 0.0425. The van der Waals surface area contributed by atoms with Crippen molar-refractivity contribution in [1.29, 1.82) is 5.26 Å². The second kappa shape index (κ2) is 7.43. The van der Waals surface area contributed by atoms with E-state index in [1.165, 1.54) is 30.1 Å². The number of aryl methyl sites for hydroxylation is 1. The average Bonchev–Trinajstić information content (AvgIpc) is 3.27. The van der Waals surface area contributed by atoms with Gasteiger partial charge in [-0.1, -0.05) is 0 Å². The molecule has 2 heterocycles. The second-order valence-corrected chi connectivity index (χ2v) is 5.45. The molecule has 144 valence electrons. The van der Waals surface area contributed by atoms with Gasteiger partial charge in [0, 0.05) is 13.1 Å². The summed E-state index contributed by atoms with van der Waals surface area (Å²) in [5, 5.41) is 15.2. The van der Waals surface area contributed by atoms with Gasteiger partial charge in [0.1, 0.15) is 29.8 Å². The number of furan rings is 1. The van der Waals surface area contributed by atoms with Gasteiger partial charge < -0.3 is 14.5 Å². The molecular formula is C17H10F4N4O3. The molecule has 0 aliphatic carbocycles. The average molecular weight is 394 g/mol. The summed E-state index contributed by atoms with van der Waals surface area (Å²) < 4.78 is 64.7. The third-order valence-electron chi connectivity index (χ3n) is 3.61. The third-order valence-corrected chi connectivity index (χ3v) is 3.61. The van der Waals surface area contributed by atoms with Crippen LogP contribution in [0.15, 0.2) is 28.8 Å². The number of amides is 1. The number of anilines is 1. The molecule has 3 rings (SSSR count). The predicted octanol–water partition coefficient (Wildman–Crippen LogP) is 3.27. The second-order valence-electron chi connectivity index (χ2n) is 5.45. The largest absolute Gasteiger partial charge is 0.479 e. The lowest BCUT2D eigenvalue weighted by molar-refractivity contribution is 0.0991. The minimum Gasteiger partial charge on any atom is -0.479 e. The van der Waals surface area contributed by atoms with Gasteiger partial charge in [-0.25, -0.2) is 8.78 Å². The van der Waals surface area contributed by atoms with Crippen molar-refractivity contribution in [3.63, 3.8) is 0 Å². The molecule has 1 amide bonds. The molecule has 0 spiro atoms. The highest BCUT2D eigenvalue weighted by Crippen LogP contribution is 2.27. The van der Waals surface area contributed by atoms with Crippen molar-refractivity contribution in [3.05, 3.63) is 64.7 Å². The lowest BCUT2D eigenvalue weighted by atomic mass is 10.3. The Bertz CT molecular complexity index is 1070. The molecule has 0 fully saturated rings. The molecule has 11 heteroatoms. The zero-order valence-corrected chi connectivity index (χ0v) is 14.1. The SMILES string of the molecule is Cn1ncc(C#N)c1NC(=O)c1ccc(COc2c(F)c(F)cc(F)c2F)o1. The van der Waals surface area contributed by atoms with E-state index in [4.69, 9.17) is 14.4 Å². The fourth-order valence-electron chi connectivity index (χ4n) is 2.24. The zero-order chi connectivity index (χ0) is 20.4. The monoisotopic (exact) mass is 394 g/mol. The van der Waals surface area contributed by atoms with Gasteiger partial charge in [-0.3, -0.25) is 9.48 Å². The maximum absolute atomic E-state index is 13.6. The van der Waals surface area contributed by atoms with Crippen LogP contribution in [0.4, 0.5) is 23.4 Å². The molecule has 1 aromatic carbocycles. The van der Waals surface area contributed by atoms with Crippen molar-refractivity contribution in [3.8, 4) is 11.8 Å². The smallest absolute Gasteiger partial charge is 0.292 e. The van der Waals surface area contributed by atoms with Crippen LogP contribution in [-0.2, 0) is 13.7 Å². The van der Waals surface area contributed by atoms with Crippen molar-refractivity contribution in [2.45, 2.75) is 6.61 Å². The molecule has 1 N–H and O–H groups in total. The maximum atomic E-state index is 13.6. The maximum Gasteiger partial charge on any atom is 0.292 e. The minimum atomic E-state index is -1.69. The van der Waals surface area contributed by atoms with Gasteiger partial charge in [-0.2, -0.15) is 19.1 Å². The molecule has 0 saturated carbocycles. The van der Waals surface area contributed by atoms with Gasteiger partial charge in [0.05, 0.1) is 6.20 Å². The number of hydrogen-bond acceptors (Lipinski definition) is 5. The number of nitrogens with zero attached hydrogens (tertiary/aromatic N) is 3. The van der Waals surface area contributed by atoms with E-state index in [2.05, 4.69) is 10.4 Å². The van der Waals surface area contributed by atoms with Gasteiger partial charge >= 0.3 is 0 Å². The zero-order valence-electron chi connectivity index (χ0n) is 14.1. The lowest BCUT2D eigenvalue weighted by Crippen LogP contribution is -2.14. The van der Waals surface area contributed by atoms with E-state index in [-0.39, 0.29) is 29.0 Å². The van der Waals surface area contributed by atoms with Crippen LogP contribution in [0, 0.1) is 34.6 Å². The normalized spacial score (nSPS) is 10.6. The van der Waals surface area contributed by atoms with Gasteiger partial charge in [-0.15, -0.1) is 0 Å². The molecule has 0 radical (unpaired) electrons. The quantitative estimate of drug-likeness (QED) is 0.530. The fourth-order valence-corrected chi connectivity index (χ4v) is 2.24. The summed E-state index contributed by atoms with van der Waals surface area (Å²) in [6, 6.07) is 4.43. The van der Waals surface area contributed by atoms with Crippen LogP contribution in [0.25, 0.3) is 0 Å². The standard InChI is InChI=1S/C17H10F4N4O3/c1-25-16(8(5-22)6-23-25)24-17(26)12-3-2-9(28-12)7-27-15-13(20)10(18)4-11(19)14(15)21/h2-4,6H,7H2,1H3,(H,24,26). The van der Waals surface area contributed by atoms with Crippen LogP contribution >= 0.6 is 0 Å². The third kappa shape index (κ3) is 3.52. The van der Waals surface area contributed by atoms with E-state index in [0.717, 1.165) is 0 Å². The number of ether oxygens (including phenoxy) is 1. The summed E-state index contributed by atoms with van der Waals surface area (Å²) in [5.41, 5.74) is 0.130. The lowest BCUT2D eigenvalue weighted by Gasteiger charge is -2.08. The summed E-state index contributed by atoms with van der Waals surface area (Å²) in [6.07, 6.45) is 1.26. The Labute approximate surface area is 154 Å². The van der Waals surface area contributed by atoms with Gasteiger partial charge in [0.25, 0.3) is 5.91 Å². The number of halogens is 4. The van der Waals surface area contributed by atoms with E-state index < -0.39 is 41.5 Å². The number of hydrogen-bond donors (Lipinski definition) is 1. The molecular weight excluding hydrogens is 384 g/mol. The number of carbonyl (C=O) groups excluding carboxylic acids is 1.